The molecule has 0 saturated carbocycles. The number of H-pyrrole nitrogens is 1. The van der Waals surface area contributed by atoms with Crippen molar-refractivity contribution in [2.45, 2.75) is 12.8 Å². The van der Waals surface area contributed by atoms with Crippen molar-refractivity contribution in [3.8, 4) is 17.0 Å². The number of fused-ring (bicyclic) bond motifs is 3. The largest absolute Gasteiger partial charge is 0.494 e. The van der Waals surface area contributed by atoms with Gasteiger partial charge in [-0.25, -0.2) is 9.37 Å². The highest BCUT2D eigenvalue weighted by molar-refractivity contribution is 6.14. The summed E-state index contributed by atoms with van der Waals surface area (Å²) in [5, 5.41) is 0.895. The van der Waals surface area contributed by atoms with Gasteiger partial charge in [-0.15, -0.1) is 0 Å². The first-order chi connectivity index (χ1) is 14.5. The number of aromatic nitrogens is 2. The van der Waals surface area contributed by atoms with Gasteiger partial charge < -0.3 is 20.4 Å². The Hall–Kier alpha value is -3.61. The predicted octanol–water partition coefficient (Wildman–Crippen LogP) is 4.23. The highest BCUT2D eigenvalue weighted by Crippen LogP contribution is 2.33. The summed E-state index contributed by atoms with van der Waals surface area (Å²) in [6.45, 7) is 2.09. The first-order valence-corrected chi connectivity index (χ1v) is 9.90. The lowest BCUT2D eigenvalue weighted by molar-refractivity contribution is 0.100. The van der Waals surface area contributed by atoms with Gasteiger partial charge in [0.2, 0.25) is 0 Å². The Balaban J connectivity index is 1.71. The van der Waals surface area contributed by atoms with Gasteiger partial charge in [-0.2, -0.15) is 0 Å². The smallest absolute Gasteiger partial charge is 0.250 e. The molecule has 30 heavy (non-hydrogen) atoms. The van der Waals surface area contributed by atoms with Crippen LogP contribution in [0.15, 0.2) is 42.5 Å². The fraction of sp³-hybridized carbons (Fsp3) is 0.217. The van der Waals surface area contributed by atoms with Crippen molar-refractivity contribution in [2.24, 2.45) is 5.73 Å². The summed E-state index contributed by atoms with van der Waals surface area (Å²) >= 11 is 0. The lowest BCUT2D eigenvalue weighted by Gasteiger charge is -2.17. The van der Waals surface area contributed by atoms with Crippen molar-refractivity contribution >= 4 is 33.5 Å². The zero-order valence-electron chi connectivity index (χ0n) is 16.5. The lowest BCUT2D eigenvalue weighted by Crippen LogP contribution is -2.17. The second-order valence-electron chi connectivity index (χ2n) is 7.54. The number of aromatic amines is 1. The fourth-order valence-electron chi connectivity index (χ4n) is 4.18. The molecule has 0 unspecified atom stereocenters. The average Bonchev–Trinajstić information content (AvgIpc) is 3.40. The molecule has 0 bridgehead atoms. The summed E-state index contributed by atoms with van der Waals surface area (Å²) in [5.74, 6) is -0.910. The number of carbonyl (C=O) groups excluding carboxylic acids is 1. The van der Waals surface area contributed by atoms with Crippen LogP contribution < -0.4 is 15.4 Å². The summed E-state index contributed by atoms with van der Waals surface area (Å²) in [6.07, 6.45) is 2.39. The quantitative estimate of drug-likeness (QED) is 0.533. The second-order valence-corrected chi connectivity index (χ2v) is 7.54. The van der Waals surface area contributed by atoms with Crippen LogP contribution in [0.2, 0.25) is 0 Å². The summed E-state index contributed by atoms with van der Waals surface area (Å²) in [7, 11) is 1.41. The highest BCUT2D eigenvalue weighted by Gasteiger charge is 2.19. The van der Waals surface area contributed by atoms with E-state index in [1.807, 2.05) is 6.07 Å². The van der Waals surface area contributed by atoms with Crippen molar-refractivity contribution in [1.82, 2.24) is 9.97 Å². The molecule has 2 aromatic carbocycles. The van der Waals surface area contributed by atoms with E-state index < -0.39 is 11.7 Å². The molecule has 4 aromatic rings. The molecule has 5 rings (SSSR count). The maximum atomic E-state index is 14.2. The van der Waals surface area contributed by atoms with E-state index in [2.05, 4.69) is 22.0 Å². The van der Waals surface area contributed by atoms with Gasteiger partial charge in [0.15, 0.2) is 11.6 Å². The zero-order valence-corrected chi connectivity index (χ0v) is 16.5. The number of nitrogens with one attached hydrogen (secondary N) is 1. The Morgan fingerprint density at radius 3 is 2.67 bits per heavy atom. The minimum atomic E-state index is -0.566. The molecule has 0 atom stereocenters. The molecular weight excluding hydrogens is 383 g/mol. The third kappa shape index (κ3) is 2.94. The number of hydrogen-bond donors (Lipinski definition) is 2. The van der Waals surface area contributed by atoms with Crippen LogP contribution in [0.4, 0.5) is 10.1 Å². The molecule has 1 aliphatic heterocycles. The third-order valence-corrected chi connectivity index (χ3v) is 5.72. The second kappa shape index (κ2) is 7.02. The van der Waals surface area contributed by atoms with Gasteiger partial charge in [-0.1, -0.05) is 0 Å². The molecule has 0 radical (unpaired) electrons. The molecule has 3 N–H and O–H groups in total. The SMILES string of the molecule is COc1ccc(-c2cc(C(N)=O)c3[nH]c4cc(N5CCCC5)ccc4c3n2)cc1F. The van der Waals surface area contributed by atoms with Crippen LogP contribution in [0, 0.1) is 5.82 Å². The first-order valence-electron chi connectivity index (χ1n) is 9.90. The molecule has 1 amide bonds. The number of nitrogens with zero attached hydrogens (tertiary/aromatic N) is 2. The number of hydrogen-bond acceptors (Lipinski definition) is 4. The number of halogens is 1. The molecule has 0 spiro atoms. The number of primary amides is 1. The number of anilines is 1. The number of rotatable bonds is 4. The Morgan fingerprint density at radius 1 is 1.17 bits per heavy atom. The molecule has 7 heteroatoms. The van der Waals surface area contributed by atoms with Gasteiger partial charge in [-0.3, -0.25) is 4.79 Å². The standard InChI is InChI=1S/C23H21FN4O2/c1-30-20-7-4-13(10-17(20)24)18-12-16(23(25)29)22-21(26-18)15-6-5-14(11-19(15)27-22)28-8-2-3-9-28/h4-7,10-12,27H,2-3,8-9H2,1H3,(H2,25,29). The summed E-state index contributed by atoms with van der Waals surface area (Å²) in [6, 6.07) is 12.4. The van der Waals surface area contributed by atoms with E-state index in [-0.39, 0.29) is 5.75 Å². The normalized spacial score (nSPS) is 14.0. The van der Waals surface area contributed by atoms with Gasteiger partial charge in [0, 0.05) is 29.7 Å². The summed E-state index contributed by atoms with van der Waals surface area (Å²) < 4.78 is 19.2. The maximum absolute atomic E-state index is 14.2. The van der Waals surface area contributed by atoms with Crippen LogP contribution >= 0.6 is 0 Å². The van der Waals surface area contributed by atoms with Crippen LogP contribution in [0.1, 0.15) is 23.2 Å². The van der Waals surface area contributed by atoms with E-state index in [1.165, 1.54) is 32.1 Å². The molecule has 152 valence electrons. The Bertz CT molecular complexity index is 1290. The average molecular weight is 404 g/mol. The van der Waals surface area contributed by atoms with E-state index in [9.17, 15) is 9.18 Å². The van der Waals surface area contributed by atoms with Crippen LogP contribution in [-0.4, -0.2) is 36.1 Å². The minimum absolute atomic E-state index is 0.150. The van der Waals surface area contributed by atoms with Gasteiger partial charge in [-0.05, 0) is 55.3 Å². The zero-order chi connectivity index (χ0) is 20.8. The lowest BCUT2D eigenvalue weighted by atomic mass is 10.1. The van der Waals surface area contributed by atoms with Crippen molar-refractivity contribution in [2.75, 3.05) is 25.1 Å². The number of methoxy groups -OCH3 is 1. The monoisotopic (exact) mass is 404 g/mol. The Labute approximate surface area is 172 Å². The number of ether oxygens (including phenoxy) is 1. The van der Waals surface area contributed by atoms with Crippen LogP contribution in [-0.2, 0) is 0 Å². The van der Waals surface area contributed by atoms with Crippen LogP contribution in [0.25, 0.3) is 33.2 Å². The number of nitrogens with two attached hydrogens (primary N) is 1. The first kappa shape index (κ1) is 18.4. The topological polar surface area (TPSA) is 84.2 Å². The molecule has 6 nitrogen and oxygen atoms in total. The minimum Gasteiger partial charge on any atom is -0.494 e. The van der Waals surface area contributed by atoms with E-state index in [0.29, 0.717) is 27.9 Å². The number of amides is 1. The van der Waals surface area contributed by atoms with E-state index in [4.69, 9.17) is 15.5 Å². The summed E-state index contributed by atoms with van der Waals surface area (Å²) in [4.78, 5) is 22.6. The molecule has 1 saturated heterocycles. The van der Waals surface area contributed by atoms with Crippen molar-refractivity contribution in [1.29, 1.82) is 0 Å². The molecule has 3 heterocycles. The van der Waals surface area contributed by atoms with E-state index >= 15 is 0 Å². The van der Waals surface area contributed by atoms with Gasteiger partial charge >= 0.3 is 0 Å². The van der Waals surface area contributed by atoms with Crippen molar-refractivity contribution in [3.05, 3.63) is 53.8 Å². The summed E-state index contributed by atoms with van der Waals surface area (Å²) in [5.41, 5.74) is 10.3. The molecular formula is C23H21FN4O2. The number of benzene rings is 2. The predicted molar refractivity (Wildman–Crippen MR) is 116 cm³/mol. The highest BCUT2D eigenvalue weighted by atomic mass is 19.1. The molecule has 2 aromatic heterocycles. The Morgan fingerprint density at radius 2 is 1.97 bits per heavy atom. The van der Waals surface area contributed by atoms with Crippen molar-refractivity contribution < 1.29 is 13.9 Å². The van der Waals surface area contributed by atoms with Gasteiger partial charge in [0.05, 0.1) is 34.9 Å². The number of pyridine rings is 1. The third-order valence-electron chi connectivity index (χ3n) is 5.72. The van der Waals surface area contributed by atoms with E-state index in [1.54, 1.807) is 12.1 Å². The van der Waals surface area contributed by atoms with Gasteiger partial charge in [0.1, 0.15) is 0 Å². The molecule has 0 aliphatic carbocycles. The maximum Gasteiger partial charge on any atom is 0.250 e. The van der Waals surface area contributed by atoms with Crippen LogP contribution in [0.5, 0.6) is 5.75 Å². The van der Waals surface area contributed by atoms with Gasteiger partial charge in [0.25, 0.3) is 5.91 Å². The molecule has 1 aliphatic rings. The van der Waals surface area contributed by atoms with Crippen LogP contribution in [0.3, 0.4) is 0 Å². The Kier molecular flexibility index (Phi) is 4.31. The van der Waals surface area contributed by atoms with Crippen molar-refractivity contribution in [3.63, 3.8) is 0 Å². The van der Waals surface area contributed by atoms with E-state index in [0.717, 1.165) is 29.7 Å². The fourth-order valence-corrected chi connectivity index (χ4v) is 4.18. The molecule has 1 fully saturated rings. The number of carbonyl (C=O) groups is 1.